The molecule has 110 valence electrons. The topological polar surface area (TPSA) is 41.1 Å². The van der Waals surface area contributed by atoms with Gasteiger partial charge < -0.3 is 10.6 Å². The van der Waals surface area contributed by atoms with Crippen molar-refractivity contribution in [2.75, 3.05) is 18.4 Å². The number of para-hydroxylation sites is 1. The molecular formula is C18H22N2O. The number of anilines is 1. The van der Waals surface area contributed by atoms with E-state index in [1.807, 2.05) is 36.4 Å². The lowest BCUT2D eigenvalue weighted by Crippen LogP contribution is -2.31. The molecular weight excluding hydrogens is 260 g/mol. The van der Waals surface area contributed by atoms with Gasteiger partial charge in [-0.25, -0.2) is 0 Å². The average molecular weight is 282 g/mol. The maximum absolute atomic E-state index is 11.8. The van der Waals surface area contributed by atoms with Crippen molar-refractivity contribution in [1.29, 1.82) is 0 Å². The van der Waals surface area contributed by atoms with Crippen LogP contribution in [0.15, 0.2) is 54.6 Å². The fraction of sp³-hybridized carbons (Fsp3) is 0.278. The SMILES string of the molecule is CCc1ccccc1NCC(=O)NCCc1ccccc1. The number of rotatable bonds is 7. The number of aryl methyl sites for hydroxylation is 1. The summed E-state index contributed by atoms with van der Waals surface area (Å²) in [5, 5.41) is 6.14. The minimum Gasteiger partial charge on any atom is -0.376 e. The van der Waals surface area contributed by atoms with Gasteiger partial charge in [-0.1, -0.05) is 55.5 Å². The van der Waals surface area contributed by atoms with Crippen LogP contribution >= 0.6 is 0 Å². The Morgan fingerprint density at radius 1 is 1.00 bits per heavy atom. The third-order valence-corrected chi connectivity index (χ3v) is 3.42. The zero-order chi connectivity index (χ0) is 14.9. The Labute approximate surface area is 126 Å². The first-order chi connectivity index (χ1) is 10.3. The Balaban J connectivity index is 1.72. The van der Waals surface area contributed by atoms with E-state index in [2.05, 4.69) is 35.8 Å². The van der Waals surface area contributed by atoms with E-state index in [1.165, 1.54) is 11.1 Å². The van der Waals surface area contributed by atoms with Crippen LogP contribution in [-0.2, 0) is 17.6 Å². The Morgan fingerprint density at radius 3 is 2.48 bits per heavy atom. The first kappa shape index (κ1) is 15.1. The van der Waals surface area contributed by atoms with Crippen LogP contribution in [0, 0.1) is 0 Å². The maximum Gasteiger partial charge on any atom is 0.239 e. The Kier molecular flexibility index (Phi) is 5.83. The number of benzene rings is 2. The van der Waals surface area contributed by atoms with Gasteiger partial charge in [0.25, 0.3) is 0 Å². The largest absolute Gasteiger partial charge is 0.376 e. The van der Waals surface area contributed by atoms with E-state index in [9.17, 15) is 4.79 Å². The van der Waals surface area contributed by atoms with Gasteiger partial charge in [-0.2, -0.15) is 0 Å². The third kappa shape index (κ3) is 4.95. The fourth-order valence-corrected chi connectivity index (χ4v) is 2.23. The van der Waals surface area contributed by atoms with Crippen LogP contribution in [0.1, 0.15) is 18.1 Å². The highest BCUT2D eigenvalue weighted by Crippen LogP contribution is 2.14. The molecule has 21 heavy (non-hydrogen) atoms. The molecule has 2 rings (SSSR count). The standard InChI is InChI=1S/C18H22N2O/c1-2-16-10-6-7-11-17(16)20-14-18(21)19-13-12-15-8-4-3-5-9-15/h3-11,20H,2,12-14H2,1H3,(H,19,21). The van der Waals surface area contributed by atoms with Gasteiger partial charge in [0, 0.05) is 12.2 Å². The molecule has 2 aromatic carbocycles. The average Bonchev–Trinajstić information content (AvgIpc) is 2.54. The molecule has 0 aliphatic heterocycles. The number of nitrogens with one attached hydrogen (secondary N) is 2. The van der Waals surface area contributed by atoms with Crippen LogP contribution in [-0.4, -0.2) is 19.0 Å². The molecule has 0 heterocycles. The smallest absolute Gasteiger partial charge is 0.239 e. The maximum atomic E-state index is 11.8. The third-order valence-electron chi connectivity index (χ3n) is 3.42. The Hall–Kier alpha value is -2.29. The normalized spacial score (nSPS) is 10.1. The van der Waals surface area contributed by atoms with Crippen LogP contribution in [0.4, 0.5) is 5.69 Å². The van der Waals surface area contributed by atoms with E-state index in [4.69, 9.17) is 0 Å². The zero-order valence-corrected chi connectivity index (χ0v) is 12.4. The van der Waals surface area contributed by atoms with E-state index in [-0.39, 0.29) is 5.91 Å². The van der Waals surface area contributed by atoms with Crippen LogP contribution < -0.4 is 10.6 Å². The fourth-order valence-electron chi connectivity index (χ4n) is 2.23. The number of carbonyl (C=O) groups excluding carboxylic acids is 1. The molecule has 3 heteroatoms. The minimum atomic E-state index is 0.0248. The molecule has 3 nitrogen and oxygen atoms in total. The number of amides is 1. The lowest BCUT2D eigenvalue weighted by Gasteiger charge is -2.11. The molecule has 0 saturated carbocycles. The highest BCUT2D eigenvalue weighted by molar-refractivity contribution is 5.80. The summed E-state index contributed by atoms with van der Waals surface area (Å²) in [7, 11) is 0. The number of hydrogen-bond acceptors (Lipinski definition) is 2. The van der Waals surface area contributed by atoms with Gasteiger partial charge in [-0.05, 0) is 30.0 Å². The summed E-state index contributed by atoms with van der Waals surface area (Å²) in [5.41, 5.74) is 3.51. The summed E-state index contributed by atoms with van der Waals surface area (Å²) < 4.78 is 0. The van der Waals surface area contributed by atoms with Gasteiger partial charge in [-0.15, -0.1) is 0 Å². The van der Waals surface area contributed by atoms with Crippen molar-refractivity contribution >= 4 is 11.6 Å². The van der Waals surface area contributed by atoms with E-state index in [1.54, 1.807) is 0 Å². The Morgan fingerprint density at radius 2 is 1.71 bits per heavy atom. The first-order valence-corrected chi connectivity index (χ1v) is 7.42. The second kappa shape index (κ2) is 8.10. The lowest BCUT2D eigenvalue weighted by molar-refractivity contribution is -0.119. The van der Waals surface area contributed by atoms with Crippen molar-refractivity contribution in [1.82, 2.24) is 5.32 Å². The summed E-state index contributed by atoms with van der Waals surface area (Å²) in [5.74, 6) is 0.0248. The summed E-state index contributed by atoms with van der Waals surface area (Å²) >= 11 is 0. The molecule has 0 aromatic heterocycles. The van der Waals surface area contributed by atoms with Crippen molar-refractivity contribution in [3.05, 3.63) is 65.7 Å². The van der Waals surface area contributed by atoms with Gasteiger partial charge in [0.2, 0.25) is 5.91 Å². The summed E-state index contributed by atoms with van der Waals surface area (Å²) in [6, 6.07) is 18.3. The Bertz CT molecular complexity index is 566. The van der Waals surface area contributed by atoms with Crippen molar-refractivity contribution in [3.8, 4) is 0 Å². The van der Waals surface area contributed by atoms with Crippen LogP contribution in [0.3, 0.4) is 0 Å². The van der Waals surface area contributed by atoms with E-state index in [0.29, 0.717) is 13.1 Å². The first-order valence-electron chi connectivity index (χ1n) is 7.42. The molecule has 2 aromatic rings. The molecule has 2 N–H and O–H groups in total. The van der Waals surface area contributed by atoms with Crippen molar-refractivity contribution in [3.63, 3.8) is 0 Å². The number of carbonyl (C=O) groups is 1. The molecule has 0 fully saturated rings. The summed E-state index contributed by atoms with van der Waals surface area (Å²) in [4.78, 5) is 11.8. The van der Waals surface area contributed by atoms with Crippen LogP contribution in [0.25, 0.3) is 0 Å². The molecule has 0 bridgehead atoms. The highest BCUT2D eigenvalue weighted by atomic mass is 16.1. The van der Waals surface area contributed by atoms with Crippen LogP contribution in [0.2, 0.25) is 0 Å². The highest BCUT2D eigenvalue weighted by Gasteiger charge is 2.03. The van der Waals surface area contributed by atoms with E-state index < -0.39 is 0 Å². The molecule has 0 atom stereocenters. The molecule has 1 amide bonds. The van der Waals surface area contributed by atoms with E-state index >= 15 is 0 Å². The molecule has 0 unspecified atom stereocenters. The molecule has 0 saturated heterocycles. The second-order valence-electron chi connectivity index (χ2n) is 4.95. The van der Waals surface area contributed by atoms with Crippen molar-refractivity contribution < 1.29 is 4.79 Å². The van der Waals surface area contributed by atoms with Gasteiger partial charge in [-0.3, -0.25) is 4.79 Å². The molecule has 0 radical (unpaired) electrons. The lowest BCUT2D eigenvalue weighted by atomic mass is 10.1. The monoisotopic (exact) mass is 282 g/mol. The number of hydrogen-bond donors (Lipinski definition) is 2. The van der Waals surface area contributed by atoms with Crippen molar-refractivity contribution in [2.45, 2.75) is 19.8 Å². The minimum absolute atomic E-state index is 0.0248. The molecule has 0 aliphatic carbocycles. The predicted octanol–water partition coefficient (Wildman–Crippen LogP) is 3.02. The van der Waals surface area contributed by atoms with Gasteiger partial charge >= 0.3 is 0 Å². The quantitative estimate of drug-likeness (QED) is 0.819. The van der Waals surface area contributed by atoms with Gasteiger partial charge in [0.1, 0.15) is 0 Å². The molecule has 0 aliphatic rings. The zero-order valence-electron chi connectivity index (χ0n) is 12.4. The van der Waals surface area contributed by atoms with Crippen molar-refractivity contribution in [2.24, 2.45) is 0 Å². The second-order valence-corrected chi connectivity index (χ2v) is 4.95. The predicted molar refractivity (Wildman–Crippen MR) is 87.5 cm³/mol. The van der Waals surface area contributed by atoms with Crippen LogP contribution in [0.5, 0.6) is 0 Å². The molecule has 0 spiro atoms. The van der Waals surface area contributed by atoms with Gasteiger partial charge in [0.15, 0.2) is 0 Å². The van der Waals surface area contributed by atoms with Gasteiger partial charge in [0.05, 0.1) is 6.54 Å². The summed E-state index contributed by atoms with van der Waals surface area (Å²) in [6.45, 7) is 3.09. The summed E-state index contributed by atoms with van der Waals surface area (Å²) in [6.07, 6.45) is 1.82. The van der Waals surface area contributed by atoms with E-state index in [0.717, 1.165) is 18.5 Å².